The molecule has 2 atom stereocenters. The molecule has 1 spiro atoms. The van der Waals surface area contributed by atoms with Crippen LogP contribution >= 0.6 is 0 Å². The van der Waals surface area contributed by atoms with E-state index < -0.39 is 0 Å². The van der Waals surface area contributed by atoms with Crippen molar-refractivity contribution in [1.82, 2.24) is 10.2 Å². The molecule has 2 aliphatic heterocycles. The van der Waals surface area contributed by atoms with Crippen molar-refractivity contribution in [1.29, 1.82) is 0 Å². The van der Waals surface area contributed by atoms with Crippen LogP contribution in [0.5, 0.6) is 0 Å². The second-order valence-electron chi connectivity index (χ2n) is 11.9. The molecule has 0 bridgehead atoms. The number of hydrogen-bond donors (Lipinski definition) is 1. The van der Waals surface area contributed by atoms with Gasteiger partial charge in [-0.25, -0.2) is 0 Å². The van der Waals surface area contributed by atoms with E-state index in [4.69, 9.17) is 4.99 Å². The number of hydrogen-bond acceptors (Lipinski definition) is 3. The van der Waals surface area contributed by atoms with Gasteiger partial charge >= 0.3 is 0 Å². The highest BCUT2D eigenvalue weighted by atomic mass is 15.3. The van der Waals surface area contributed by atoms with Gasteiger partial charge in [0.15, 0.2) is 0 Å². The molecule has 2 unspecified atom stereocenters. The van der Waals surface area contributed by atoms with Gasteiger partial charge in [-0.1, -0.05) is 76.1 Å². The molecule has 2 heterocycles. The van der Waals surface area contributed by atoms with Crippen LogP contribution in [0.2, 0.25) is 0 Å². The molecular weight excluding hydrogens is 438 g/mol. The minimum Gasteiger partial charge on any atom is -0.359 e. The Kier molecular flexibility index (Phi) is 6.85. The normalized spacial score (nSPS) is 29.5. The fourth-order valence-electron chi connectivity index (χ4n) is 6.47. The number of aliphatic imine (C=N–C) groups is 1. The van der Waals surface area contributed by atoms with Crippen molar-refractivity contribution in [2.24, 2.45) is 21.7 Å². The van der Waals surface area contributed by atoms with Crippen LogP contribution in [0.3, 0.4) is 0 Å². The van der Waals surface area contributed by atoms with Crippen molar-refractivity contribution in [3.05, 3.63) is 95.5 Å². The lowest BCUT2D eigenvalue weighted by atomic mass is 9.68. The number of dihydropyridines is 1. The average molecular weight is 482 g/mol. The van der Waals surface area contributed by atoms with Gasteiger partial charge in [-0.3, -0.25) is 4.99 Å². The number of nitrogens with zero attached hydrogens (tertiary/aromatic N) is 2. The Hall–Kier alpha value is -2.81. The summed E-state index contributed by atoms with van der Waals surface area (Å²) in [6.45, 7) is 18.5. The largest absolute Gasteiger partial charge is 0.359 e. The van der Waals surface area contributed by atoms with Crippen LogP contribution in [0.25, 0.3) is 0 Å². The Labute approximate surface area is 218 Å². The fourth-order valence-corrected chi connectivity index (χ4v) is 6.47. The Morgan fingerprint density at radius 3 is 2.61 bits per heavy atom. The summed E-state index contributed by atoms with van der Waals surface area (Å²) in [7, 11) is 0. The zero-order chi connectivity index (χ0) is 25.3. The van der Waals surface area contributed by atoms with E-state index in [0.29, 0.717) is 11.3 Å². The monoisotopic (exact) mass is 481 g/mol. The minimum absolute atomic E-state index is 0.0690. The lowest BCUT2D eigenvalue weighted by Gasteiger charge is -2.53. The fraction of sp³-hybridized carbons (Fsp3) is 0.485. The molecule has 0 amide bonds. The highest BCUT2D eigenvalue weighted by Gasteiger charge is 2.44. The molecule has 0 aromatic rings. The maximum atomic E-state index is 4.94. The number of amidine groups is 1. The number of allylic oxidation sites excluding steroid dienone is 12. The Morgan fingerprint density at radius 2 is 1.92 bits per heavy atom. The van der Waals surface area contributed by atoms with Gasteiger partial charge in [0, 0.05) is 47.8 Å². The standard InChI is InChI=1S/C33H43N3/c1-6-32(5)17-14-28(27-12-8-9-13-27)19-29(32)18-25(3)35-26(4)30-20-31(34-21-24(30)2)36-22-33(23-36)15-10-7-11-16-33/h6,8,12-14,18-20,24,35H,1,4,7,9-11,15-17,21-23H2,2-3,5H3/b25-18+. The van der Waals surface area contributed by atoms with E-state index in [1.807, 2.05) is 0 Å². The van der Waals surface area contributed by atoms with E-state index >= 15 is 0 Å². The summed E-state index contributed by atoms with van der Waals surface area (Å²) in [5.41, 5.74) is 7.82. The average Bonchev–Trinajstić information content (AvgIpc) is 3.40. The number of likely N-dealkylation sites (tertiary alicyclic amines) is 1. The molecule has 0 aromatic carbocycles. The van der Waals surface area contributed by atoms with E-state index in [-0.39, 0.29) is 5.41 Å². The van der Waals surface area contributed by atoms with Crippen LogP contribution in [-0.4, -0.2) is 30.4 Å². The van der Waals surface area contributed by atoms with Crippen molar-refractivity contribution >= 4 is 5.84 Å². The van der Waals surface area contributed by atoms with Crippen LogP contribution < -0.4 is 5.32 Å². The van der Waals surface area contributed by atoms with Gasteiger partial charge in [0.25, 0.3) is 0 Å². The van der Waals surface area contributed by atoms with Gasteiger partial charge in [-0.15, -0.1) is 6.58 Å². The van der Waals surface area contributed by atoms with Gasteiger partial charge in [0.1, 0.15) is 5.84 Å². The number of nitrogens with one attached hydrogen (secondary N) is 1. The van der Waals surface area contributed by atoms with Crippen LogP contribution in [0.4, 0.5) is 0 Å². The van der Waals surface area contributed by atoms with E-state index in [1.165, 1.54) is 67.5 Å². The second kappa shape index (κ2) is 9.92. The predicted molar refractivity (Wildman–Crippen MR) is 154 cm³/mol. The lowest BCUT2D eigenvalue weighted by Crippen LogP contribution is -2.59. The third kappa shape index (κ3) is 4.90. The first-order valence-electron chi connectivity index (χ1n) is 13.9. The highest BCUT2D eigenvalue weighted by molar-refractivity contribution is 5.95. The third-order valence-electron chi connectivity index (χ3n) is 8.97. The van der Waals surface area contributed by atoms with Crippen molar-refractivity contribution in [2.75, 3.05) is 19.6 Å². The molecule has 190 valence electrons. The maximum absolute atomic E-state index is 4.94. The molecule has 0 aromatic heterocycles. The van der Waals surface area contributed by atoms with Gasteiger partial charge < -0.3 is 10.2 Å². The van der Waals surface area contributed by atoms with Gasteiger partial charge in [0.05, 0.1) is 0 Å². The predicted octanol–water partition coefficient (Wildman–Crippen LogP) is 7.57. The summed E-state index contributed by atoms with van der Waals surface area (Å²) in [6, 6.07) is 0. The van der Waals surface area contributed by atoms with Crippen molar-refractivity contribution < 1.29 is 0 Å². The molecule has 3 heteroatoms. The van der Waals surface area contributed by atoms with Crippen molar-refractivity contribution in [3.63, 3.8) is 0 Å². The molecule has 3 nitrogen and oxygen atoms in total. The summed E-state index contributed by atoms with van der Waals surface area (Å²) in [6.07, 6.45) is 27.1. The summed E-state index contributed by atoms with van der Waals surface area (Å²) >= 11 is 0. The first kappa shape index (κ1) is 24.9. The molecule has 3 aliphatic carbocycles. The molecule has 2 fully saturated rings. The van der Waals surface area contributed by atoms with E-state index in [0.717, 1.165) is 36.6 Å². The first-order valence-corrected chi connectivity index (χ1v) is 13.9. The molecule has 36 heavy (non-hydrogen) atoms. The lowest BCUT2D eigenvalue weighted by molar-refractivity contribution is 0.0211. The smallest absolute Gasteiger partial charge is 0.123 e. The Bertz CT molecular complexity index is 1140. The molecular formula is C33H43N3. The second-order valence-corrected chi connectivity index (χ2v) is 11.9. The SMILES string of the molecule is C=CC1(C)CC=C(C2=CCC=C2)C=C1/C=C(\C)NC(=C)C1=CC(N2CC3(CCCCC3)C2)=NCC1C. The first-order chi connectivity index (χ1) is 17.3. The molecule has 0 radical (unpaired) electrons. The van der Waals surface area contributed by atoms with Gasteiger partial charge in [-0.2, -0.15) is 0 Å². The van der Waals surface area contributed by atoms with Crippen LogP contribution in [-0.2, 0) is 0 Å². The highest BCUT2D eigenvalue weighted by Crippen LogP contribution is 2.44. The summed E-state index contributed by atoms with van der Waals surface area (Å²) in [5, 5.41) is 3.63. The topological polar surface area (TPSA) is 27.6 Å². The van der Waals surface area contributed by atoms with Crippen LogP contribution in [0, 0.1) is 16.7 Å². The summed E-state index contributed by atoms with van der Waals surface area (Å²) < 4.78 is 0. The molecule has 1 N–H and O–H groups in total. The van der Waals surface area contributed by atoms with E-state index in [9.17, 15) is 0 Å². The summed E-state index contributed by atoms with van der Waals surface area (Å²) in [4.78, 5) is 7.43. The van der Waals surface area contributed by atoms with Crippen molar-refractivity contribution in [2.45, 2.75) is 65.7 Å². The molecule has 1 saturated carbocycles. The van der Waals surface area contributed by atoms with E-state index in [1.54, 1.807) is 0 Å². The Morgan fingerprint density at radius 1 is 1.14 bits per heavy atom. The Balaban J connectivity index is 1.29. The van der Waals surface area contributed by atoms with Crippen LogP contribution in [0.1, 0.15) is 65.7 Å². The van der Waals surface area contributed by atoms with Gasteiger partial charge in [-0.05, 0) is 67.1 Å². The maximum Gasteiger partial charge on any atom is 0.123 e. The minimum atomic E-state index is -0.0690. The quantitative estimate of drug-likeness (QED) is 0.396. The van der Waals surface area contributed by atoms with Crippen molar-refractivity contribution in [3.8, 4) is 0 Å². The summed E-state index contributed by atoms with van der Waals surface area (Å²) in [5.74, 6) is 1.53. The zero-order valence-corrected chi connectivity index (χ0v) is 22.6. The third-order valence-corrected chi connectivity index (χ3v) is 8.97. The van der Waals surface area contributed by atoms with E-state index in [2.05, 4.69) is 92.8 Å². The van der Waals surface area contributed by atoms with Gasteiger partial charge in [0.2, 0.25) is 0 Å². The van der Waals surface area contributed by atoms with Crippen LogP contribution in [0.15, 0.2) is 100 Å². The molecule has 5 aliphatic rings. The zero-order valence-electron chi connectivity index (χ0n) is 22.6. The number of rotatable bonds is 6. The molecule has 5 rings (SSSR count). The molecule has 1 saturated heterocycles.